The fraction of sp³-hybridized carbons (Fsp3) is 0.167. The Kier molecular flexibility index (Phi) is 4.62. The third-order valence-corrected chi connectivity index (χ3v) is 1.13. The van der Waals surface area contributed by atoms with E-state index < -0.39 is 0 Å². The summed E-state index contributed by atoms with van der Waals surface area (Å²) in [6, 6.07) is 0. The molecule has 1 nitrogen and oxygen atoms in total. The van der Waals surface area contributed by atoms with Gasteiger partial charge in [-0.3, -0.25) is 4.79 Å². The molecular weight excluding hydrogens is 144 g/mol. The van der Waals surface area contributed by atoms with E-state index >= 15 is 0 Å². The van der Waals surface area contributed by atoms with Crippen LogP contribution in [0.25, 0.3) is 0 Å². The van der Waals surface area contributed by atoms with Crippen LogP contribution in [0.5, 0.6) is 0 Å². The van der Waals surface area contributed by atoms with Crippen LogP contribution in [0.2, 0.25) is 0 Å². The van der Waals surface area contributed by atoms with Gasteiger partial charge in [0.05, 0.1) is 0 Å². The van der Waals surface area contributed by atoms with Crippen molar-refractivity contribution in [1.82, 2.24) is 0 Å². The van der Waals surface area contributed by atoms with Crippen LogP contribution < -0.4 is 0 Å². The van der Waals surface area contributed by atoms with Crippen LogP contribution in [-0.4, -0.2) is 6.79 Å². The standard InChI is InChI=1S/C5H5.CO.Fe/c1-2-4-5-3-1;1-2;/h1-3H,4H2;;. The number of rotatable bonds is 0. The van der Waals surface area contributed by atoms with E-state index in [9.17, 15) is 0 Å². The van der Waals surface area contributed by atoms with Gasteiger partial charge < -0.3 is 0 Å². The second-order valence-corrected chi connectivity index (χ2v) is 1.94. The van der Waals surface area contributed by atoms with Crippen LogP contribution in [0.3, 0.4) is 0 Å². The summed E-state index contributed by atoms with van der Waals surface area (Å²) in [7, 11) is 0. The summed E-state index contributed by atoms with van der Waals surface area (Å²) in [6.07, 6.45) is 7.21. The first-order valence-electron chi connectivity index (χ1n) is 2.10. The van der Waals surface area contributed by atoms with Crippen LogP contribution >= 0.6 is 0 Å². The molecule has 0 unspecified atom stereocenters. The van der Waals surface area contributed by atoms with Crippen molar-refractivity contribution in [2.75, 3.05) is 0 Å². The third-order valence-electron chi connectivity index (χ3n) is 0.717. The van der Waals surface area contributed by atoms with Crippen molar-refractivity contribution < 1.29 is 20.8 Å². The average molecular weight is 149 g/mol. The molecule has 0 N–H and O–H groups in total. The molecule has 0 aromatic carbocycles. The molecule has 0 aromatic heterocycles. The molecule has 0 aromatic rings. The molecule has 0 saturated heterocycles. The first kappa shape index (κ1) is 7.67. The number of allylic oxidation sites excluding steroid dienone is 4. The van der Waals surface area contributed by atoms with Crippen molar-refractivity contribution >= 4 is 6.79 Å². The maximum atomic E-state index is 7.50. The van der Waals surface area contributed by atoms with Crippen molar-refractivity contribution in [3.63, 3.8) is 0 Å². The van der Waals surface area contributed by atoms with E-state index in [1.807, 2.05) is 12.2 Å². The fourth-order valence-corrected chi connectivity index (χ4v) is 0.652. The van der Waals surface area contributed by atoms with Crippen molar-refractivity contribution in [1.29, 1.82) is 0 Å². The summed E-state index contributed by atoms with van der Waals surface area (Å²) in [5.41, 5.74) is 0. The Morgan fingerprint density at radius 2 is 2.25 bits per heavy atom. The van der Waals surface area contributed by atoms with Crippen molar-refractivity contribution in [3.8, 4) is 0 Å². The zero-order valence-corrected chi connectivity index (χ0v) is 5.31. The molecule has 8 heavy (non-hydrogen) atoms. The molecule has 0 fully saturated rings. The van der Waals surface area contributed by atoms with Gasteiger partial charge in [0.2, 0.25) is 0 Å². The molecule has 1 aliphatic rings. The summed E-state index contributed by atoms with van der Waals surface area (Å²) < 4.78 is 1.22. The summed E-state index contributed by atoms with van der Waals surface area (Å²) in [5, 5.41) is 0. The Hall–Kier alpha value is -0.331. The molecule has 0 heterocycles. The molecule has 1 rings (SSSR count). The summed E-state index contributed by atoms with van der Waals surface area (Å²) in [4.78, 5) is 7.50. The molecule has 1 aliphatic carbocycles. The number of hydrogen-bond acceptors (Lipinski definition) is 1. The van der Waals surface area contributed by atoms with E-state index in [-0.39, 0.29) is 0 Å². The Morgan fingerprint density at radius 3 is 2.38 bits per heavy atom. The van der Waals surface area contributed by atoms with Gasteiger partial charge in [-0.05, 0) is 0 Å². The molecule has 0 saturated carbocycles. The van der Waals surface area contributed by atoms with Gasteiger partial charge in [-0.1, -0.05) is 0 Å². The van der Waals surface area contributed by atoms with Crippen molar-refractivity contribution in [2.24, 2.45) is 0 Å². The van der Waals surface area contributed by atoms with E-state index in [2.05, 4.69) is 28.9 Å². The van der Waals surface area contributed by atoms with Crippen LogP contribution in [0.4, 0.5) is 0 Å². The van der Waals surface area contributed by atoms with E-state index in [1.165, 1.54) is 4.47 Å². The minimum absolute atomic E-state index is 1.06. The zero-order valence-electron chi connectivity index (χ0n) is 4.20. The van der Waals surface area contributed by atoms with Crippen LogP contribution in [0, 0.1) is 0 Å². The van der Waals surface area contributed by atoms with Gasteiger partial charge in [0.1, 0.15) is 0 Å². The van der Waals surface area contributed by atoms with E-state index in [0.717, 1.165) is 6.42 Å². The van der Waals surface area contributed by atoms with Crippen molar-refractivity contribution in [2.45, 2.75) is 6.42 Å². The van der Waals surface area contributed by atoms with Gasteiger partial charge in [0, 0.05) is 0 Å². The maximum absolute atomic E-state index is 7.50. The number of hydrogen-bond donors (Lipinski definition) is 0. The van der Waals surface area contributed by atoms with Gasteiger partial charge in [-0.15, -0.1) is 0 Å². The molecule has 0 bridgehead atoms. The predicted molar refractivity (Wildman–Crippen MR) is 27.5 cm³/mol. The summed E-state index contributed by atoms with van der Waals surface area (Å²) >= 11 is 3.74. The van der Waals surface area contributed by atoms with Gasteiger partial charge in [0.15, 0.2) is 0 Å². The number of carbonyl (C=O) groups excluding carboxylic acids is 1. The topological polar surface area (TPSA) is 17.1 Å². The first-order chi connectivity index (χ1) is 3.89. The quantitative estimate of drug-likeness (QED) is 0.469. The summed E-state index contributed by atoms with van der Waals surface area (Å²) in [6.45, 7) is 4.50. The van der Waals surface area contributed by atoms with E-state index in [1.54, 1.807) is 0 Å². The zero-order chi connectivity index (χ0) is 6.41. The Bertz CT molecular complexity index is 116. The second-order valence-electron chi connectivity index (χ2n) is 1.23. The molecule has 2 heteroatoms. The van der Waals surface area contributed by atoms with Gasteiger partial charge in [-0.2, -0.15) is 0 Å². The van der Waals surface area contributed by atoms with E-state index in [4.69, 9.17) is 4.79 Å². The Labute approximate surface area is 57.3 Å². The summed E-state index contributed by atoms with van der Waals surface area (Å²) in [5.74, 6) is 0. The van der Waals surface area contributed by atoms with Crippen LogP contribution in [0.1, 0.15) is 6.42 Å². The molecule has 0 atom stereocenters. The predicted octanol–water partition coefficient (Wildman–Crippen LogP) is 0.980. The van der Waals surface area contributed by atoms with E-state index in [0.29, 0.717) is 0 Å². The SMILES string of the molecule is [C]=O.[Fe][C]1=CC=CC1. The molecule has 2 radical (unpaired) electrons. The molecule has 0 amide bonds. The minimum atomic E-state index is 1.06. The fourth-order valence-electron chi connectivity index (χ4n) is 0.416. The van der Waals surface area contributed by atoms with Crippen molar-refractivity contribution in [3.05, 3.63) is 22.7 Å². The van der Waals surface area contributed by atoms with Crippen LogP contribution in [0.15, 0.2) is 22.7 Å². The second kappa shape index (κ2) is 4.82. The Balaban J connectivity index is 0.000000222. The van der Waals surface area contributed by atoms with Gasteiger partial charge in [0.25, 0.3) is 6.79 Å². The average Bonchev–Trinajstić information content (AvgIpc) is 2.24. The molecule has 43 valence electrons. The Morgan fingerprint density at radius 1 is 1.62 bits per heavy atom. The van der Waals surface area contributed by atoms with Gasteiger partial charge >= 0.3 is 45.1 Å². The third kappa shape index (κ3) is 2.78. The molecule has 0 aliphatic heterocycles. The van der Waals surface area contributed by atoms with Gasteiger partial charge in [-0.25, -0.2) is 0 Å². The normalized spacial score (nSPS) is 14.4. The first-order valence-corrected chi connectivity index (χ1v) is 2.65. The molecular formula is C6H5FeO. The monoisotopic (exact) mass is 149 g/mol. The van der Waals surface area contributed by atoms with Crippen LogP contribution in [-0.2, 0) is 20.8 Å². The molecule has 0 spiro atoms.